The zero-order valence-electron chi connectivity index (χ0n) is 13.5. The number of hydrogen-bond donors (Lipinski definition) is 0. The average molecular weight is 290 g/mol. The molecule has 1 nitrogen and oxygen atoms in total. The fourth-order valence-electron chi connectivity index (χ4n) is 2.33. The summed E-state index contributed by atoms with van der Waals surface area (Å²) >= 11 is 0. The average Bonchev–Trinajstić information content (AvgIpc) is 2.53. The van der Waals surface area contributed by atoms with E-state index in [9.17, 15) is 4.79 Å². The first-order chi connectivity index (χ1) is 10.6. The molecule has 1 heteroatoms. The molecule has 1 atom stereocenters. The van der Waals surface area contributed by atoms with Crippen LogP contribution < -0.4 is 0 Å². The number of benzene rings is 2. The SMILES string of the molecule is CC(C)Cc1ccc(C(C)C(=O)C#Cc2ccccc2)cc1. The first kappa shape index (κ1) is 16.0. The van der Waals surface area contributed by atoms with Crippen LogP contribution >= 0.6 is 0 Å². The van der Waals surface area contributed by atoms with Crippen molar-refractivity contribution in [2.24, 2.45) is 5.92 Å². The highest BCUT2D eigenvalue weighted by atomic mass is 16.1. The van der Waals surface area contributed by atoms with Crippen molar-refractivity contribution in [1.29, 1.82) is 0 Å². The molecular weight excluding hydrogens is 268 g/mol. The molecule has 0 aromatic heterocycles. The van der Waals surface area contributed by atoms with Gasteiger partial charge in [-0.05, 0) is 41.5 Å². The Morgan fingerprint density at radius 2 is 1.59 bits per heavy atom. The molecular formula is C21H22O. The quantitative estimate of drug-likeness (QED) is 0.752. The van der Waals surface area contributed by atoms with Gasteiger partial charge in [-0.2, -0.15) is 0 Å². The molecule has 0 aliphatic rings. The van der Waals surface area contributed by atoms with E-state index in [4.69, 9.17) is 0 Å². The van der Waals surface area contributed by atoms with E-state index in [1.165, 1.54) is 5.56 Å². The van der Waals surface area contributed by atoms with Gasteiger partial charge in [0.2, 0.25) is 5.78 Å². The standard InChI is InChI=1S/C21H22O/c1-16(2)15-19-9-12-20(13-10-19)17(3)21(22)14-11-18-7-5-4-6-8-18/h4-10,12-13,16-17H,15H2,1-3H3. The molecule has 2 aromatic carbocycles. The van der Waals surface area contributed by atoms with Crippen molar-refractivity contribution in [1.82, 2.24) is 0 Å². The lowest BCUT2D eigenvalue weighted by atomic mass is 9.94. The molecule has 0 amide bonds. The largest absolute Gasteiger partial charge is 0.284 e. The predicted molar refractivity (Wildman–Crippen MR) is 91.7 cm³/mol. The van der Waals surface area contributed by atoms with Gasteiger partial charge in [-0.15, -0.1) is 0 Å². The summed E-state index contributed by atoms with van der Waals surface area (Å²) in [6, 6.07) is 17.9. The molecule has 0 saturated carbocycles. The second kappa shape index (κ2) is 7.61. The van der Waals surface area contributed by atoms with Gasteiger partial charge in [0.05, 0.1) is 5.92 Å². The van der Waals surface area contributed by atoms with E-state index in [1.54, 1.807) is 0 Å². The molecule has 2 aromatic rings. The minimum atomic E-state index is -0.190. The van der Waals surface area contributed by atoms with E-state index < -0.39 is 0 Å². The molecule has 2 rings (SSSR count). The molecule has 0 bridgehead atoms. The Balaban J connectivity index is 2.06. The van der Waals surface area contributed by atoms with Gasteiger partial charge in [-0.1, -0.05) is 69.2 Å². The van der Waals surface area contributed by atoms with Crippen LogP contribution in [0.4, 0.5) is 0 Å². The minimum Gasteiger partial charge on any atom is -0.284 e. The topological polar surface area (TPSA) is 17.1 Å². The molecule has 0 N–H and O–H groups in total. The highest BCUT2D eigenvalue weighted by Gasteiger charge is 2.13. The summed E-state index contributed by atoms with van der Waals surface area (Å²) in [5, 5.41) is 0. The van der Waals surface area contributed by atoms with Crippen LogP contribution in [0.3, 0.4) is 0 Å². The van der Waals surface area contributed by atoms with Crippen LogP contribution in [-0.4, -0.2) is 5.78 Å². The molecule has 0 fully saturated rings. The fourth-order valence-corrected chi connectivity index (χ4v) is 2.33. The van der Waals surface area contributed by atoms with Crippen molar-refractivity contribution < 1.29 is 4.79 Å². The maximum Gasteiger partial charge on any atom is 0.212 e. The van der Waals surface area contributed by atoms with E-state index in [1.807, 2.05) is 49.4 Å². The number of hydrogen-bond acceptors (Lipinski definition) is 1. The summed E-state index contributed by atoms with van der Waals surface area (Å²) in [4.78, 5) is 12.2. The van der Waals surface area contributed by atoms with Crippen LogP contribution in [0.2, 0.25) is 0 Å². The molecule has 0 saturated heterocycles. The molecule has 22 heavy (non-hydrogen) atoms. The smallest absolute Gasteiger partial charge is 0.212 e. The molecule has 0 aliphatic heterocycles. The summed E-state index contributed by atoms with van der Waals surface area (Å²) in [5.41, 5.74) is 3.21. The van der Waals surface area contributed by atoms with Gasteiger partial charge in [0.1, 0.15) is 0 Å². The normalized spacial score (nSPS) is 11.6. The highest BCUT2D eigenvalue weighted by molar-refractivity contribution is 6.00. The third-order valence-corrected chi connectivity index (χ3v) is 3.62. The van der Waals surface area contributed by atoms with Crippen molar-refractivity contribution in [3.63, 3.8) is 0 Å². The lowest BCUT2D eigenvalue weighted by Crippen LogP contribution is -2.06. The van der Waals surface area contributed by atoms with Gasteiger partial charge in [-0.3, -0.25) is 4.79 Å². The monoisotopic (exact) mass is 290 g/mol. The second-order valence-corrected chi connectivity index (χ2v) is 6.04. The van der Waals surface area contributed by atoms with Crippen LogP contribution in [-0.2, 0) is 11.2 Å². The number of ketones is 1. The lowest BCUT2D eigenvalue weighted by molar-refractivity contribution is -0.114. The summed E-state index contributed by atoms with van der Waals surface area (Å²) in [6.45, 7) is 6.33. The zero-order valence-corrected chi connectivity index (χ0v) is 13.5. The first-order valence-electron chi connectivity index (χ1n) is 7.76. The van der Waals surface area contributed by atoms with E-state index in [0.29, 0.717) is 5.92 Å². The van der Waals surface area contributed by atoms with Gasteiger partial charge in [0.15, 0.2) is 0 Å². The fraction of sp³-hybridized carbons (Fsp3) is 0.286. The Labute approximate surface area is 133 Å². The van der Waals surface area contributed by atoms with Gasteiger partial charge < -0.3 is 0 Å². The minimum absolute atomic E-state index is 0.0412. The van der Waals surface area contributed by atoms with Gasteiger partial charge in [-0.25, -0.2) is 0 Å². The van der Waals surface area contributed by atoms with Crippen LogP contribution in [0.25, 0.3) is 0 Å². The number of Topliss-reactive ketones (excluding diaryl/α,β-unsaturated/α-hetero) is 1. The Kier molecular flexibility index (Phi) is 5.55. The van der Waals surface area contributed by atoms with Crippen LogP contribution in [0.1, 0.15) is 43.4 Å². The van der Waals surface area contributed by atoms with Gasteiger partial charge in [0.25, 0.3) is 0 Å². The van der Waals surface area contributed by atoms with E-state index >= 15 is 0 Å². The lowest BCUT2D eigenvalue weighted by Gasteiger charge is -2.09. The second-order valence-electron chi connectivity index (χ2n) is 6.04. The number of rotatable bonds is 4. The molecule has 0 heterocycles. The van der Waals surface area contributed by atoms with Crippen molar-refractivity contribution in [3.05, 3.63) is 71.3 Å². The van der Waals surface area contributed by atoms with Crippen molar-refractivity contribution in [2.75, 3.05) is 0 Å². The van der Waals surface area contributed by atoms with Crippen molar-refractivity contribution in [3.8, 4) is 11.8 Å². The maximum atomic E-state index is 12.2. The molecule has 0 aliphatic carbocycles. The third kappa shape index (κ3) is 4.60. The van der Waals surface area contributed by atoms with Crippen LogP contribution in [0.15, 0.2) is 54.6 Å². The number of carbonyl (C=O) groups is 1. The highest BCUT2D eigenvalue weighted by Crippen LogP contribution is 2.18. The van der Waals surface area contributed by atoms with Gasteiger partial charge in [0, 0.05) is 5.56 Å². The summed E-state index contributed by atoms with van der Waals surface area (Å²) in [6.07, 6.45) is 1.07. The van der Waals surface area contributed by atoms with Crippen LogP contribution in [0, 0.1) is 17.8 Å². The Morgan fingerprint density at radius 3 is 2.18 bits per heavy atom. The molecule has 1 unspecified atom stereocenters. The Bertz CT molecular complexity index is 669. The predicted octanol–water partition coefficient (Wildman–Crippen LogP) is 4.61. The zero-order chi connectivity index (χ0) is 15.9. The van der Waals surface area contributed by atoms with Crippen molar-refractivity contribution >= 4 is 5.78 Å². The molecule has 0 radical (unpaired) electrons. The Hall–Kier alpha value is -2.33. The maximum absolute atomic E-state index is 12.2. The number of carbonyl (C=O) groups excluding carboxylic acids is 1. The van der Waals surface area contributed by atoms with Crippen molar-refractivity contribution in [2.45, 2.75) is 33.1 Å². The van der Waals surface area contributed by atoms with E-state index in [0.717, 1.165) is 17.5 Å². The summed E-state index contributed by atoms with van der Waals surface area (Å²) in [5.74, 6) is 6.10. The third-order valence-electron chi connectivity index (χ3n) is 3.62. The Morgan fingerprint density at radius 1 is 0.955 bits per heavy atom. The van der Waals surface area contributed by atoms with Crippen LogP contribution in [0.5, 0.6) is 0 Å². The first-order valence-corrected chi connectivity index (χ1v) is 7.76. The molecule has 0 spiro atoms. The van der Waals surface area contributed by atoms with E-state index in [2.05, 4.69) is 37.8 Å². The van der Waals surface area contributed by atoms with E-state index in [-0.39, 0.29) is 11.7 Å². The summed E-state index contributed by atoms with van der Waals surface area (Å²) < 4.78 is 0. The van der Waals surface area contributed by atoms with Gasteiger partial charge >= 0.3 is 0 Å². The summed E-state index contributed by atoms with van der Waals surface area (Å²) in [7, 11) is 0. The molecule has 112 valence electrons.